The van der Waals surface area contributed by atoms with Crippen molar-refractivity contribution in [2.45, 2.75) is 20.0 Å². The van der Waals surface area contributed by atoms with E-state index in [4.69, 9.17) is 9.47 Å². The molecular formula is C19H23NO2. The Kier molecular flexibility index (Phi) is 4.34. The summed E-state index contributed by atoms with van der Waals surface area (Å²) in [5.74, 6) is 2.18. The Bertz CT molecular complexity index is 654. The highest BCUT2D eigenvalue weighted by Gasteiger charge is 2.32. The van der Waals surface area contributed by atoms with Crippen LogP contribution in [0.3, 0.4) is 0 Å². The molecule has 3 heteroatoms. The van der Waals surface area contributed by atoms with E-state index in [0.717, 1.165) is 23.6 Å². The van der Waals surface area contributed by atoms with E-state index in [1.54, 1.807) is 0 Å². The largest absolute Gasteiger partial charge is 0.493 e. The summed E-state index contributed by atoms with van der Waals surface area (Å²) in [5, 5.41) is 3.25. The second kappa shape index (κ2) is 6.41. The van der Waals surface area contributed by atoms with Crippen molar-refractivity contribution < 1.29 is 9.47 Å². The monoisotopic (exact) mass is 297 g/mol. The van der Waals surface area contributed by atoms with Gasteiger partial charge in [-0.15, -0.1) is 0 Å². The van der Waals surface area contributed by atoms with Gasteiger partial charge in [0.25, 0.3) is 0 Å². The molecule has 2 aromatic carbocycles. The fourth-order valence-electron chi connectivity index (χ4n) is 3.04. The van der Waals surface area contributed by atoms with Crippen LogP contribution in [0.1, 0.15) is 22.8 Å². The van der Waals surface area contributed by atoms with E-state index in [9.17, 15) is 0 Å². The Balaban J connectivity index is 1.93. The molecule has 3 nitrogen and oxygen atoms in total. The summed E-state index contributed by atoms with van der Waals surface area (Å²) in [6.07, 6.45) is 0.0128. The number of rotatable bonds is 4. The molecule has 0 aliphatic carbocycles. The number of nitrogens with one attached hydrogen (secondary N) is 1. The van der Waals surface area contributed by atoms with E-state index in [1.165, 1.54) is 11.1 Å². The Morgan fingerprint density at radius 1 is 1.18 bits per heavy atom. The van der Waals surface area contributed by atoms with Crippen LogP contribution in [0.4, 0.5) is 0 Å². The third-order valence-electron chi connectivity index (χ3n) is 4.16. The number of hydrogen-bond acceptors (Lipinski definition) is 3. The average molecular weight is 297 g/mol. The van der Waals surface area contributed by atoms with Crippen molar-refractivity contribution in [3.63, 3.8) is 0 Å². The van der Waals surface area contributed by atoms with E-state index in [2.05, 4.69) is 43.4 Å². The standard InChI is InChI=1S/C19H23NO2/c1-13-8-9-17(14(2)10-13)22-19-15(11-20-3)12-21-18-7-5-4-6-16(18)19/h4-10,15,19-20H,11-12H2,1-3H3. The van der Waals surface area contributed by atoms with E-state index < -0.39 is 0 Å². The number of hydrogen-bond donors (Lipinski definition) is 1. The van der Waals surface area contributed by atoms with Gasteiger partial charge in [0.05, 0.1) is 6.61 Å². The zero-order chi connectivity index (χ0) is 15.5. The SMILES string of the molecule is CNCC1COc2ccccc2C1Oc1ccc(C)cc1C. The molecule has 0 saturated carbocycles. The molecule has 0 bridgehead atoms. The molecule has 0 spiro atoms. The highest BCUT2D eigenvalue weighted by molar-refractivity contribution is 5.40. The normalized spacial score (nSPS) is 20.1. The van der Waals surface area contributed by atoms with Crippen LogP contribution in [0.25, 0.3) is 0 Å². The zero-order valence-corrected chi connectivity index (χ0v) is 13.4. The van der Waals surface area contributed by atoms with Crippen molar-refractivity contribution in [3.8, 4) is 11.5 Å². The van der Waals surface area contributed by atoms with Crippen molar-refractivity contribution in [1.82, 2.24) is 5.32 Å². The quantitative estimate of drug-likeness (QED) is 0.934. The Morgan fingerprint density at radius 2 is 2.00 bits per heavy atom. The number of benzene rings is 2. The third kappa shape index (κ3) is 2.95. The minimum Gasteiger partial charge on any atom is -0.493 e. The van der Waals surface area contributed by atoms with Gasteiger partial charge in [-0.25, -0.2) is 0 Å². The predicted octanol–water partition coefficient (Wildman–Crippen LogP) is 3.65. The molecule has 1 aliphatic heterocycles. The maximum absolute atomic E-state index is 6.41. The lowest BCUT2D eigenvalue weighted by Crippen LogP contribution is -2.36. The minimum absolute atomic E-state index is 0.0128. The van der Waals surface area contributed by atoms with Crippen molar-refractivity contribution in [1.29, 1.82) is 0 Å². The van der Waals surface area contributed by atoms with E-state index in [-0.39, 0.29) is 6.10 Å². The van der Waals surface area contributed by atoms with E-state index in [1.807, 2.05) is 25.2 Å². The van der Waals surface area contributed by atoms with Gasteiger partial charge in [0.15, 0.2) is 0 Å². The third-order valence-corrected chi connectivity index (χ3v) is 4.16. The first-order valence-electron chi connectivity index (χ1n) is 7.79. The molecule has 0 amide bonds. The molecule has 2 atom stereocenters. The second-order valence-corrected chi connectivity index (χ2v) is 5.97. The summed E-state index contributed by atoms with van der Waals surface area (Å²) in [7, 11) is 1.97. The summed E-state index contributed by atoms with van der Waals surface area (Å²) < 4.78 is 12.3. The molecule has 0 fully saturated rings. The average Bonchev–Trinajstić information content (AvgIpc) is 2.52. The molecule has 0 radical (unpaired) electrons. The van der Waals surface area contributed by atoms with E-state index >= 15 is 0 Å². The van der Waals surface area contributed by atoms with Gasteiger partial charge < -0.3 is 14.8 Å². The lowest BCUT2D eigenvalue weighted by atomic mass is 9.92. The lowest BCUT2D eigenvalue weighted by molar-refractivity contribution is 0.0699. The molecule has 0 aromatic heterocycles. The molecule has 3 rings (SSSR count). The highest BCUT2D eigenvalue weighted by atomic mass is 16.5. The van der Waals surface area contributed by atoms with Crippen LogP contribution in [-0.2, 0) is 0 Å². The molecule has 1 aliphatic rings. The maximum atomic E-state index is 6.41. The van der Waals surface area contributed by atoms with Crippen molar-refractivity contribution in [3.05, 3.63) is 59.2 Å². The van der Waals surface area contributed by atoms with Crippen LogP contribution in [0.15, 0.2) is 42.5 Å². The summed E-state index contributed by atoms with van der Waals surface area (Å²) in [4.78, 5) is 0. The molecule has 1 heterocycles. The first-order valence-corrected chi connectivity index (χ1v) is 7.79. The number of para-hydroxylation sites is 1. The molecule has 1 N–H and O–H groups in total. The number of fused-ring (bicyclic) bond motifs is 1. The Hall–Kier alpha value is -2.00. The fraction of sp³-hybridized carbons (Fsp3) is 0.368. The zero-order valence-electron chi connectivity index (χ0n) is 13.4. The van der Waals surface area contributed by atoms with Gasteiger partial charge in [-0.3, -0.25) is 0 Å². The number of aryl methyl sites for hydroxylation is 2. The van der Waals surface area contributed by atoms with Gasteiger partial charge in [0.2, 0.25) is 0 Å². The van der Waals surface area contributed by atoms with Crippen LogP contribution >= 0.6 is 0 Å². The molecule has 2 aromatic rings. The maximum Gasteiger partial charge on any atom is 0.135 e. The summed E-state index contributed by atoms with van der Waals surface area (Å²) >= 11 is 0. The van der Waals surface area contributed by atoms with Crippen molar-refractivity contribution >= 4 is 0 Å². The van der Waals surface area contributed by atoms with Gasteiger partial charge in [0, 0.05) is 18.0 Å². The molecule has 0 saturated heterocycles. The van der Waals surface area contributed by atoms with Gasteiger partial charge in [-0.05, 0) is 38.6 Å². The summed E-state index contributed by atoms with van der Waals surface area (Å²) in [5.41, 5.74) is 3.56. The van der Waals surface area contributed by atoms with Crippen LogP contribution in [0, 0.1) is 19.8 Å². The van der Waals surface area contributed by atoms with Crippen LogP contribution < -0.4 is 14.8 Å². The smallest absolute Gasteiger partial charge is 0.135 e. The Morgan fingerprint density at radius 3 is 2.77 bits per heavy atom. The lowest BCUT2D eigenvalue weighted by Gasteiger charge is -2.34. The molecular weight excluding hydrogens is 274 g/mol. The van der Waals surface area contributed by atoms with Crippen LogP contribution in [0.5, 0.6) is 11.5 Å². The van der Waals surface area contributed by atoms with Gasteiger partial charge in [0.1, 0.15) is 17.6 Å². The molecule has 2 unspecified atom stereocenters. The Labute approximate surface area is 132 Å². The number of ether oxygens (including phenoxy) is 2. The minimum atomic E-state index is 0.0128. The topological polar surface area (TPSA) is 30.5 Å². The van der Waals surface area contributed by atoms with Gasteiger partial charge in [-0.1, -0.05) is 35.9 Å². The van der Waals surface area contributed by atoms with Gasteiger partial charge >= 0.3 is 0 Å². The van der Waals surface area contributed by atoms with Crippen LogP contribution in [-0.4, -0.2) is 20.2 Å². The van der Waals surface area contributed by atoms with E-state index in [0.29, 0.717) is 12.5 Å². The second-order valence-electron chi connectivity index (χ2n) is 5.97. The fourth-order valence-corrected chi connectivity index (χ4v) is 3.04. The molecule has 22 heavy (non-hydrogen) atoms. The summed E-state index contributed by atoms with van der Waals surface area (Å²) in [6.45, 7) is 5.74. The van der Waals surface area contributed by atoms with Crippen molar-refractivity contribution in [2.24, 2.45) is 5.92 Å². The molecule has 116 valence electrons. The predicted molar refractivity (Wildman–Crippen MR) is 88.6 cm³/mol. The first kappa shape index (κ1) is 14.9. The van der Waals surface area contributed by atoms with Crippen LogP contribution in [0.2, 0.25) is 0 Å². The first-order chi connectivity index (χ1) is 10.7. The highest BCUT2D eigenvalue weighted by Crippen LogP contribution is 2.39. The summed E-state index contributed by atoms with van der Waals surface area (Å²) in [6, 6.07) is 14.5. The van der Waals surface area contributed by atoms with Gasteiger partial charge in [-0.2, -0.15) is 0 Å². The van der Waals surface area contributed by atoms with Crippen molar-refractivity contribution in [2.75, 3.05) is 20.2 Å².